The maximum atomic E-state index is 13.2. The van der Waals surface area contributed by atoms with Crippen molar-refractivity contribution >= 4 is 114 Å². The van der Waals surface area contributed by atoms with Gasteiger partial charge in [-0.1, -0.05) is 169 Å². The minimum Gasteiger partial charge on any atom is -0.672 e. The molecule has 0 aliphatic rings. The first-order valence-electron chi connectivity index (χ1n) is 23.7. The van der Waals surface area contributed by atoms with E-state index in [1.54, 1.807) is 24.3 Å². The van der Waals surface area contributed by atoms with Crippen LogP contribution in [0.1, 0.15) is 23.2 Å². The van der Waals surface area contributed by atoms with Crippen LogP contribution in [0.25, 0.3) is 44.1 Å². The van der Waals surface area contributed by atoms with Gasteiger partial charge in [0.2, 0.25) is 0 Å². The Bertz CT molecular complexity index is 3270. The molecule has 0 aromatic heterocycles. The first-order chi connectivity index (χ1) is 36.4. The molecule has 0 saturated heterocycles. The Morgan fingerprint density at radius 1 is 0.410 bits per heavy atom. The Kier molecular flexibility index (Phi) is 38.8. The van der Waals surface area contributed by atoms with Gasteiger partial charge in [-0.25, -0.2) is 0 Å². The molecule has 428 valence electrons. The van der Waals surface area contributed by atoms with E-state index in [4.69, 9.17) is 39.9 Å². The van der Waals surface area contributed by atoms with Crippen LogP contribution in [0.3, 0.4) is 0 Å². The smallest absolute Gasteiger partial charge is 0 e. The summed E-state index contributed by atoms with van der Waals surface area (Å²) in [5.74, 6) is 0. The predicted molar refractivity (Wildman–Crippen MR) is 344 cm³/mol. The number of hydrogen-bond acceptors (Lipinski definition) is 4. The summed E-state index contributed by atoms with van der Waals surface area (Å²) in [6.07, 6.45) is 0. The third kappa shape index (κ3) is 20.3. The monoisotopic (exact) mass is 1610 g/mol. The van der Waals surface area contributed by atoms with Crippen LogP contribution in [0.4, 0.5) is 0 Å². The number of hydrogen-bond donors (Lipinski definition) is 2. The first-order valence-corrected chi connectivity index (χ1v) is 34.3. The molecule has 0 saturated carbocycles. The van der Waals surface area contributed by atoms with Crippen molar-refractivity contribution in [2.24, 2.45) is 0 Å². The van der Waals surface area contributed by atoms with Gasteiger partial charge >= 0.3 is 49.7 Å². The number of rotatable bonds is 14. The van der Waals surface area contributed by atoms with Gasteiger partial charge < -0.3 is 60.0 Å². The zero-order chi connectivity index (χ0) is 53.0. The van der Waals surface area contributed by atoms with E-state index in [1.165, 1.54) is 35.4 Å². The van der Waals surface area contributed by atoms with Gasteiger partial charge in [-0.2, -0.15) is 0 Å². The van der Waals surface area contributed by atoms with Crippen molar-refractivity contribution in [2.45, 2.75) is 12.1 Å². The van der Waals surface area contributed by atoms with Gasteiger partial charge in [0.1, 0.15) is 31.8 Å². The Morgan fingerprint density at radius 3 is 0.892 bits per heavy atom. The molecule has 10 aromatic rings. The molecule has 4 N–H and O–H groups in total. The fourth-order valence-electron chi connectivity index (χ4n) is 9.23. The van der Waals surface area contributed by atoms with Crippen LogP contribution < -0.4 is 42.4 Å². The summed E-state index contributed by atoms with van der Waals surface area (Å²) in [5, 5.41) is 11.0. The minimum atomic E-state index is -4.06. The van der Waals surface area contributed by atoms with E-state index >= 15 is 0 Å². The van der Waals surface area contributed by atoms with Crippen molar-refractivity contribution in [3.8, 4) is 11.1 Å². The second kappa shape index (κ2) is 39.5. The van der Waals surface area contributed by atoms with E-state index in [1.807, 2.05) is 109 Å². The topological polar surface area (TPSA) is 141 Å². The number of fused-ring (bicyclic) bond motifs is 2. The summed E-state index contributed by atoms with van der Waals surface area (Å²) in [5.41, 5.74) is 20.0. The van der Waals surface area contributed by atoms with Crippen molar-refractivity contribution < 1.29 is 148 Å². The summed E-state index contributed by atoms with van der Waals surface area (Å²) < 4.78 is 36.5. The maximum Gasteiger partial charge on any atom is 0 e. The Balaban J connectivity index is 0.00000214. The molecule has 0 amide bonds. The molecule has 0 bridgehead atoms. The average Bonchev–Trinajstić information content (AvgIpc) is 3.65. The average molecular weight is 1620 g/mol. The molecule has 0 aliphatic heterocycles. The third-order valence-electron chi connectivity index (χ3n) is 12.8. The van der Waals surface area contributed by atoms with Crippen molar-refractivity contribution in [3.63, 3.8) is 0 Å². The van der Waals surface area contributed by atoms with Gasteiger partial charge in [-0.15, -0.1) is 12.1 Å². The molecule has 0 spiro atoms. The van der Waals surface area contributed by atoms with Crippen LogP contribution >= 0.6 is 50.4 Å². The fraction of sp³-hybridized carbons (Fsp3) is 0.0625. The predicted octanol–water partition coefficient (Wildman–Crippen LogP) is 15.3. The van der Waals surface area contributed by atoms with Crippen molar-refractivity contribution in [2.75, 3.05) is 14.2 Å². The van der Waals surface area contributed by atoms with E-state index in [0.717, 1.165) is 54.4 Å². The molecule has 0 radical (unpaired) electrons. The zero-order valence-corrected chi connectivity index (χ0v) is 63.7. The molecular formula is C64H66Cl2N2O6P4RuZr4-2. The van der Waals surface area contributed by atoms with Gasteiger partial charge in [0.15, 0.2) is 0 Å². The van der Waals surface area contributed by atoms with Crippen LogP contribution in [0.2, 0.25) is 0 Å². The summed E-state index contributed by atoms with van der Waals surface area (Å²) >= 11 is -0.346. The summed E-state index contributed by atoms with van der Waals surface area (Å²) in [6, 6.07) is 79.7. The van der Waals surface area contributed by atoms with Gasteiger partial charge in [0, 0.05) is 130 Å². The summed E-state index contributed by atoms with van der Waals surface area (Å²) in [7, 11) is 0.709. The number of halogens is 2. The van der Waals surface area contributed by atoms with E-state index in [2.05, 4.69) is 109 Å². The number of nitrogens with one attached hydrogen (secondary N) is 2. The molecule has 8 nitrogen and oxygen atoms in total. The van der Waals surface area contributed by atoms with Gasteiger partial charge in [0.05, 0.1) is 26.5 Å². The van der Waals surface area contributed by atoms with E-state index < -0.39 is 43.1 Å². The molecule has 0 fully saturated rings. The number of benzene rings is 10. The Labute approximate surface area is 587 Å². The molecule has 3 unspecified atom stereocenters. The standard InChI is InChI=1S/C46H38O6P4.C14H14N2.4CH3.2ClH.Ru.4Zr/c1-51-55(47,48)39-25-27-41-33(31-39)23-29-43(53(35-15-7-3-8-16-35)36-17-9-4-10-18-36)45(41)46-42-28-26-40(56(49,50)52-2)32-34(42)24-30-44(46)54(37-19-11-5-12-20-37)38-21-13-6-14-22-38;15-13(11-7-3-1-4-8-11)14(16)12-9-5-2-6-10-12;;;;;;;;;;;/h3-32H,1-2H3,(H,47,48)(H,49,50);1-10,13-16H;4*1H3;2*1H;;;;;/q;-2;4*-1;;;+4;;;;/t;13-,14?;;;;;;;;;;;/m.1.........../s1. The maximum absolute atomic E-state index is 13.2. The molecule has 19 heteroatoms. The van der Waals surface area contributed by atoms with Crippen LogP contribution in [0.5, 0.6) is 0 Å². The zero-order valence-electron chi connectivity index (χ0n) is 46.8. The first kappa shape index (κ1) is 81.5. The van der Waals surface area contributed by atoms with Gasteiger partial charge in [-0.05, 0) is 106 Å². The molecule has 4 atom stereocenters. The van der Waals surface area contributed by atoms with Crippen LogP contribution in [0.15, 0.2) is 243 Å². The van der Waals surface area contributed by atoms with Crippen molar-refractivity contribution in [1.82, 2.24) is 0 Å². The second-order valence-corrected chi connectivity index (χ2v) is 28.6. The molecule has 0 heterocycles. The fourth-order valence-corrected chi connectivity index (χ4v) is 16.3. The molecule has 10 aromatic carbocycles. The van der Waals surface area contributed by atoms with Gasteiger partial charge in [-0.3, -0.25) is 9.13 Å². The molecular weight excluding hydrogens is 1550 g/mol. The molecule has 83 heavy (non-hydrogen) atoms. The van der Waals surface area contributed by atoms with Gasteiger partial charge in [0.25, 0.3) is 0 Å². The quantitative estimate of drug-likeness (QED) is 0.0631. The van der Waals surface area contributed by atoms with Crippen LogP contribution in [-0.4, -0.2) is 24.0 Å². The SMILES string of the molecule is COP(=O)(O)c1ccc2c(-c3c([PH+](c4ccccc4)c4ccccc4)ccc4cc(P(=O)(O)OC)ccc34)c([PH+](c3ccccc3)c3ccccc3)ccc2c1.[CH3-].[CH3-].[CH3-].[CH3-].[Cl][Ru+2][Cl].[NH-]C(c1ccccc1)[C@H]([NH-])c1ccccc1.[Zr].[Zr].[Zr].[Zr]. The summed E-state index contributed by atoms with van der Waals surface area (Å²) in [4.78, 5) is 21.6. The second-order valence-electron chi connectivity index (χ2n) is 17.2. The van der Waals surface area contributed by atoms with Crippen molar-refractivity contribution in [3.05, 3.63) is 295 Å². The van der Waals surface area contributed by atoms with E-state index in [0.29, 0.717) is 0 Å². The third-order valence-corrected chi connectivity index (χ3v) is 21.2. The minimum absolute atomic E-state index is 0. The molecule has 10 rings (SSSR count). The Hall–Kier alpha value is -1.46. The molecule has 0 aliphatic carbocycles. The Morgan fingerprint density at radius 2 is 0.651 bits per heavy atom. The van der Waals surface area contributed by atoms with E-state index in [9.17, 15) is 18.9 Å². The largest absolute Gasteiger partial charge is 0.672 e. The van der Waals surface area contributed by atoms with Crippen LogP contribution in [-0.2, 0) is 138 Å². The van der Waals surface area contributed by atoms with Crippen LogP contribution in [0, 0.1) is 29.7 Å². The van der Waals surface area contributed by atoms with E-state index in [-0.39, 0.29) is 160 Å². The summed E-state index contributed by atoms with van der Waals surface area (Å²) in [6.45, 7) is 0. The van der Waals surface area contributed by atoms with Crippen molar-refractivity contribution in [1.29, 1.82) is 0 Å². The normalized spacial score (nSPS) is 12.4.